The Labute approximate surface area is 123 Å². The fourth-order valence-electron chi connectivity index (χ4n) is 3.44. The first-order valence-electron chi connectivity index (χ1n) is 7.12. The summed E-state index contributed by atoms with van der Waals surface area (Å²) in [6.07, 6.45) is 4.66. The molecule has 3 N–H and O–H groups in total. The van der Waals surface area contributed by atoms with Gasteiger partial charge in [0.25, 0.3) is 5.69 Å². The van der Waals surface area contributed by atoms with Gasteiger partial charge in [-0.25, -0.2) is 0 Å². The Morgan fingerprint density at radius 2 is 2.00 bits per heavy atom. The number of carboxylic acid groups (broad SMARTS) is 1. The van der Waals surface area contributed by atoms with E-state index in [0.29, 0.717) is 5.56 Å². The average molecular weight is 292 g/mol. The number of benzene rings is 1. The van der Waals surface area contributed by atoms with E-state index in [4.69, 9.17) is 5.73 Å². The molecule has 1 atom stereocenters. The van der Waals surface area contributed by atoms with Gasteiger partial charge in [-0.05, 0) is 23.8 Å². The molecule has 1 fully saturated rings. The first-order chi connectivity index (χ1) is 9.87. The minimum absolute atomic E-state index is 0.0262. The summed E-state index contributed by atoms with van der Waals surface area (Å²) in [5, 5.41) is 20.7. The number of anilines is 1. The number of nitro benzene ring substituents is 1. The number of aliphatic carboxylic acids is 1. The number of nitrogens with zero attached hydrogens (tertiary/aromatic N) is 1. The Balaban J connectivity index is 2.51. The third-order valence-electron chi connectivity index (χ3n) is 4.56. The molecular formula is C15H20N2O4. The molecule has 0 radical (unpaired) electrons. The first kappa shape index (κ1) is 15.3. The van der Waals surface area contributed by atoms with Gasteiger partial charge in [0.15, 0.2) is 0 Å². The van der Waals surface area contributed by atoms with E-state index in [1.54, 1.807) is 6.07 Å². The lowest BCUT2D eigenvalue weighted by Crippen LogP contribution is -2.34. The van der Waals surface area contributed by atoms with E-state index < -0.39 is 22.2 Å². The molecule has 1 aromatic carbocycles. The van der Waals surface area contributed by atoms with Crippen molar-refractivity contribution in [3.8, 4) is 0 Å². The highest BCUT2D eigenvalue weighted by Gasteiger charge is 2.42. The van der Waals surface area contributed by atoms with Crippen LogP contribution >= 0.6 is 0 Å². The summed E-state index contributed by atoms with van der Waals surface area (Å²) in [7, 11) is 0. The summed E-state index contributed by atoms with van der Waals surface area (Å²) in [5.41, 5.74) is 5.59. The van der Waals surface area contributed by atoms with Gasteiger partial charge in [0.1, 0.15) is 5.69 Å². The number of hydrogen-bond donors (Lipinski definition) is 2. The minimum Gasteiger partial charge on any atom is -0.481 e. The zero-order valence-corrected chi connectivity index (χ0v) is 12.0. The van der Waals surface area contributed by atoms with Crippen molar-refractivity contribution in [2.75, 3.05) is 5.73 Å². The maximum Gasteiger partial charge on any atom is 0.311 e. The lowest BCUT2D eigenvalue weighted by Gasteiger charge is -2.39. The molecule has 0 saturated heterocycles. The van der Waals surface area contributed by atoms with Crippen LogP contribution in [-0.4, -0.2) is 16.0 Å². The monoisotopic (exact) mass is 292 g/mol. The van der Waals surface area contributed by atoms with Crippen molar-refractivity contribution in [3.05, 3.63) is 33.9 Å². The van der Waals surface area contributed by atoms with Gasteiger partial charge in [-0.3, -0.25) is 14.9 Å². The van der Waals surface area contributed by atoms with Gasteiger partial charge < -0.3 is 10.8 Å². The number of hydrogen-bond acceptors (Lipinski definition) is 4. The summed E-state index contributed by atoms with van der Waals surface area (Å²) in [5.74, 6) is -1.77. The smallest absolute Gasteiger partial charge is 0.311 e. The molecular weight excluding hydrogens is 272 g/mol. The second kappa shape index (κ2) is 5.71. The van der Waals surface area contributed by atoms with E-state index in [1.807, 2.05) is 6.92 Å². The Morgan fingerprint density at radius 1 is 1.38 bits per heavy atom. The normalized spacial score (nSPS) is 18.9. The maximum atomic E-state index is 11.8. The van der Waals surface area contributed by atoms with Crippen molar-refractivity contribution in [1.29, 1.82) is 0 Å². The van der Waals surface area contributed by atoms with Gasteiger partial charge in [-0.15, -0.1) is 0 Å². The Morgan fingerprint density at radius 3 is 2.52 bits per heavy atom. The largest absolute Gasteiger partial charge is 0.481 e. The highest BCUT2D eigenvalue weighted by atomic mass is 16.6. The van der Waals surface area contributed by atoms with E-state index in [-0.39, 0.29) is 11.4 Å². The van der Waals surface area contributed by atoms with Gasteiger partial charge in [0.05, 0.1) is 10.8 Å². The summed E-state index contributed by atoms with van der Waals surface area (Å²) < 4.78 is 0. The number of carbonyl (C=O) groups is 1. The zero-order valence-electron chi connectivity index (χ0n) is 12.0. The van der Waals surface area contributed by atoms with Crippen molar-refractivity contribution in [2.24, 2.45) is 5.41 Å². The second-order valence-corrected chi connectivity index (χ2v) is 6.02. The summed E-state index contributed by atoms with van der Waals surface area (Å²) in [6, 6.07) is 4.41. The van der Waals surface area contributed by atoms with Crippen LogP contribution in [-0.2, 0) is 4.79 Å². The number of nitrogens with two attached hydrogens (primary N) is 1. The Hall–Kier alpha value is -2.11. The number of nitrogen functional groups attached to an aromatic ring is 1. The van der Waals surface area contributed by atoms with Crippen LogP contribution < -0.4 is 5.73 Å². The van der Waals surface area contributed by atoms with Crippen LogP contribution in [0, 0.1) is 15.5 Å². The van der Waals surface area contributed by atoms with Crippen LogP contribution in [0.1, 0.15) is 50.5 Å². The molecule has 1 aliphatic carbocycles. The molecule has 0 aromatic heterocycles. The predicted molar refractivity (Wildman–Crippen MR) is 79.1 cm³/mol. The van der Waals surface area contributed by atoms with E-state index in [2.05, 4.69) is 0 Å². The molecule has 1 unspecified atom stereocenters. The molecule has 0 spiro atoms. The minimum atomic E-state index is -0.966. The standard InChI is InChI=1S/C15H20N2O4/c1-15(8-3-2-4-9-15)12(14(18)19)10-6-5-7-11(13(10)16)17(20)21/h5-7,12H,2-4,8-9,16H2,1H3,(H,18,19). The van der Waals surface area contributed by atoms with Crippen LogP contribution in [0.15, 0.2) is 18.2 Å². The van der Waals surface area contributed by atoms with Gasteiger partial charge in [-0.2, -0.15) is 0 Å². The maximum absolute atomic E-state index is 11.8. The molecule has 0 aliphatic heterocycles. The van der Waals surface area contributed by atoms with Crippen LogP contribution in [0.25, 0.3) is 0 Å². The molecule has 21 heavy (non-hydrogen) atoms. The molecule has 1 aromatic rings. The highest BCUT2D eigenvalue weighted by Crippen LogP contribution is 2.49. The Bertz CT molecular complexity index is 565. The summed E-state index contributed by atoms with van der Waals surface area (Å²) >= 11 is 0. The average Bonchev–Trinajstić information content (AvgIpc) is 2.41. The van der Waals surface area contributed by atoms with Crippen molar-refractivity contribution in [2.45, 2.75) is 44.9 Å². The molecule has 2 rings (SSSR count). The number of para-hydroxylation sites is 1. The van der Waals surface area contributed by atoms with Gasteiger partial charge in [0.2, 0.25) is 0 Å². The summed E-state index contributed by atoms with van der Waals surface area (Å²) in [6.45, 7) is 1.95. The molecule has 0 bridgehead atoms. The topological polar surface area (TPSA) is 106 Å². The van der Waals surface area contributed by atoms with Crippen molar-refractivity contribution >= 4 is 17.3 Å². The molecule has 0 amide bonds. The van der Waals surface area contributed by atoms with E-state index in [0.717, 1.165) is 32.1 Å². The van der Waals surface area contributed by atoms with Crippen molar-refractivity contribution in [1.82, 2.24) is 0 Å². The van der Waals surface area contributed by atoms with Gasteiger partial charge >= 0.3 is 5.97 Å². The van der Waals surface area contributed by atoms with Gasteiger partial charge in [0, 0.05) is 6.07 Å². The zero-order chi connectivity index (χ0) is 15.6. The van der Waals surface area contributed by atoms with Crippen LogP contribution in [0.3, 0.4) is 0 Å². The van der Waals surface area contributed by atoms with Crippen LogP contribution in [0.2, 0.25) is 0 Å². The third kappa shape index (κ3) is 2.84. The number of rotatable bonds is 4. The lowest BCUT2D eigenvalue weighted by molar-refractivity contribution is -0.384. The summed E-state index contributed by atoms with van der Waals surface area (Å²) in [4.78, 5) is 22.2. The van der Waals surface area contributed by atoms with Gasteiger partial charge in [-0.1, -0.05) is 38.3 Å². The molecule has 0 heterocycles. The SMILES string of the molecule is CC1(C(C(=O)O)c2cccc([N+](=O)[O-])c2N)CCCCC1. The lowest BCUT2D eigenvalue weighted by atomic mass is 9.65. The highest BCUT2D eigenvalue weighted by molar-refractivity contribution is 5.81. The first-order valence-corrected chi connectivity index (χ1v) is 7.12. The number of carboxylic acids is 1. The van der Waals surface area contributed by atoms with Crippen molar-refractivity contribution in [3.63, 3.8) is 0 Å². The molecule has 1 aliphatic rings. The molecule has 6 heteroatoms. The van der Waals surface area contributed by atoms with Crippen LogP contribution in [0.5, 0.6) is 0 Å². The number of nitro groups is 1. The van der Waals surface area contributed by atoms with E-state index in [1.165, 1.54) is 12.1 Å². The molecule has 6 nitrogen and oxygen atoms in total. The predicted octanol–water partition coefficient (Wildman–Crippen LogP) is 3.32. The Kier molecular flexibility index (Phi) is 4.16. The quantitative estimate of drug-likeness (QED) is 0.503. The second-order valence-electron chi connectivity index (χ2n) is 6.02. The van der Waals surface area contributed by atoms with E-state index in [9.17, 15) is 20.0 Å². The fraction of sp³-hybridized carbons (Fsp3) is 0.533. The molecule has 114 valence electrons. The van der Waals surface area contributed by atoms with E-state index >= 15 is 0 Å². The molecule has 1 saturated carbocycles. The fourth-order valence-corrected chi connectivity index (χ4v) is 3.44. The third-order valence-corrected chi connectivity index (χ3v) is 4.56. The van der Waals surface area contributed by atoms with Crippen molar-refractivity contribution < 1.29 is 14.8 Å². The van der Waals surface area contributed by atoms with Crippen LogP contribution in [0.4, 0.5) is 11.4 Å².